The SMILES string of the molecule is C[C@H]1O[C@@H](c2ccncc2N)C[C@@H](NC(=O)OC(C)(C)C)[C@@H]1O[Si](C)(C)C(C)(C)C. The van der Waals surface area contributed by atoms with E-state index in [1.165, 1.54) is 0 Å². The van der Waals surface area contributed by atoms with Crippen LogP contribution in [0.5, 0.6) is 0 Å². The van der Waals surface area contributed by atoms with Crippen LogP contribution in [0.3, 0.4) is 0 Å². The van der Waals surface area contributed by atoms with Gasteiger partial charge in [-0.15, -0.1) is 0 Å². The fraction of sp³-hybridized carbons (Fsp3) is 0.727. The standard InChI is InChI=1S/C22H39N3O4Si/c1-14-19(29-30(8,9)22(5,6)7)17(25-20(26)28-21(2,3)4)12-18(27-14)15-10-11-24-13-16(15)23/h10-11,13-14,17-19H,12,23H2,1-9H3,(H,25,26)/t14-,17-,18-,19-/m1/s1. The molecule has 30 heavy (non-hydrogen) atoms. The number of rotatable bonds is 4. The van der Waals surface area contributed by atoms with Gasteiger partial charge in [0.15, 0.2) is 8.32 Å². The summed E-state index contributed by atoms with van der Waals surface area (Å²) in [5.74, 6) is 0. The molecule has 1 amide bonds. The van der Waals surface area contributed by atoms with Crippen molar-refractivity contribution >= 4 is 20.1 Å². The van der Waals surface area contributed by atoms with Crippen molar-refractivity contribution in [3.05, 3.63) is 24.0 Å². The number of nitrogens with two attached hydrogens (primary N) is 1. The Labute approximate surface area is 182 Å². The molecule has 1 aromatic heterocycles. The minimum absolute atomic E-state index is 0.0373. The molecule has 7 nitrogen and oxygen atoms in total. The van der Waals surface area contributed by atoms with Crippen LogP contribution in [0, 0.1) is 0 Å². The van der Waals surface area contributed by atoms with E-state index in [2.05, 4.69) is 44.2 Å². The third kappa shape index (κ3) is 6.18. The number of anilines is 1. The first-order valence-corrected chi connectivity index (χ1v) is 13.5. The van der Waals surface area contributed by atoms with Crippen LogP contribution in [-0.4, -0.2) is 43.2 Å². The third-order valence-electron chi connectivity index (χ3n) is 5.88. The van der Waals surface area contributed by atoms with E-state index in [-0.39, 0.29) is 29.4 Å². The summed E-state index contributed by atoms with van der Waals surface area (Å²) < 4.78 is 18.6. The van der Waals surface area contributed by atoms with Gasteiger partial charge in [0.05, 0.1) is 36.2 Å². The predicted octanol–water partition coefficient (Wildman–Crippen LogP) is 4.80. The highest BCUT2D eigenvalue weighted by atomic mass is 28.4. The van der Waals surface area contributed by atoms with Gasteiger partial charge in [-0.25, -0.2) is 4.79 Å². The van der Waals surface area contributed by atoms with Gasteiger partial charge in [-0.3, -0.25) is 4.98 Å². The molecule has 1 aromatic rings. The lowest BCUT2D eigenvalue weighted by molar-refractivity contribution is -0.119. The summed E-state index contributed by atoms with van der Waals surface area (Å²) >= 11 is 0. The van der Waals surface area contributed by atoms with E-state index in [9.17, 15) is 4.79 Å². The molecule has 0 spiro atoms. The fourth-order valence-corrected chi connectivity index (χ4v) is 4.68. The number of ether oxygens (including phenoxy) is 2. The van der Waals surface area contributed by atoms with Crippen LogP contribution < -0.4 is 11.1 Å². The van der Waals surface area contributed by atoms with E-state index in [0.717, 1.165) is 5.56 Å². The Hall–Kier alpha value is -1.64. The van der Waals surface area contributed by atoms with Crippen LogP contribution in [0.4, 0.5) is 10.5 Å². The molecule has 1 fully saturated rings. The first-order chi connectivity index (χ1) is 13.6. The summed E-state index contributed by atoms with van der Waals surface area (Å²) in [6.07, 6.45) is 2.64. The first-order valence-electron chi connectivity index (χ1n) is 10.6. The Bertz CT molecular complexity index is 743. The number of carbonyl (C=O) groups is 1. The molecule has 0 aliphatic carbocycles. The Morgan fingerprint density at radius 2 is 1.90 bits per heavy atom. The van der Waals surface area contributed by atoms with Crippen molar-refractivity contribution in [2.45, 2.75) is 103 Å². The zero-order chi connectivity index (χ0) is 22.9. The third-order valence-corrected chi connectivity index (χ3v) is 10.4. The summed E-state index contributed by atoms with van der Waals surface area (Å²) in [7, 11) is -2.09. The summed E-state index contributed by atoms with van der Waals surface area (Å²) in [5, 5.41) is 3.09. The minimum Gasteiger partial charge on any atom is -0.444 e. The molecule has 3 N–H and O–H groups in total. The second-order valence-electron chi connectivity index (χ2n) is 10.7. The summed E-state index contributed by atoms with van der Waals surface area (Å²) in [4.78, 5) is 16.7. The fourth-order valence-electron chi connectivity index (χ4n) is 3.29. The van der Waals surface area contributed by atoms with Crippen LogP contribution in [0.25, 0.3) is 0 Å². The number of hydrogen-bond acceptors (Lipinski definition) is 6. The van der Waals surface area contributed by atoms with Gasteiger partial charge in [0.2, 0.25) is 0 Å². The van der Waals surface area contributed by atoms with Crippen molar-refractivity contribution in [1.82, 2.24) is 10.3 Å². The predicted molar refractivity (Wildman–Crippen MR) is 122 cm³/mol. The van der Waals surface area contributed by atoms with Crippen molar-refractivity contribution in [3.8, 4) is 0 Å². The molecular formula is C22H39N3O4Si. The lowest BCUT2D eigenvalue weighted by atomic mass is 9.92. The average Bonchev–Trinajstić information content (AvgIpc) is 2.55. The topological polar surface area (TPSA) is 95.7 Å². The molecule has 8 heteroatoms. The quantitative estimate of drug-likeness (QED) is 0.657. The number of nitrogens with one attached hydrogen (secondary N) is 1. The van der Waals surface area contributed by atoms with Crippen molar-refractivity contribution in [1.29, 1.82) is 0 Å². The van der Waals surface area contributed by atoms with Crippen molar-refractivity contribution < 1.29 is 18.7 Å². The Morgan fingerprint density at radius 3 is 2.43 bits per heavy atom. The van der Waals surface area contributed by atoms with E-state index in [0.29, 0.717) is 12.1 Å². The lowest BCUT2D eigenvalue weighted by Crippen LogP contribution is -2.59. The number of hydrogen-bond donors (Lipinski definition) is 2. The van der Waals surface area contributed by atoms with Gasteiger partial charge < -0.3 is 25.0 Å². The molecule has 0 radical (unpaired) electrons. The molecule has 0 aromatic carbocycles. The number of aromatic nitrogens is 1. The van der Waals surface area contributed by atoms with Crippen LogP contribution in [0.15, 0.2) is 18.5 Å². The van der Waals surface area contributed by atoms with Gasteiger partial charge in [0.1, 0.15) is 5.60 Å². The summed E-state index contributed by atoms with van der Waals surface area (Å²) in [6, 6.07) is 1.60. The highest BCUT2D eigenvalue weighted by Gasteiger charge is 2.46. The molecule has 0 saturated carbocycles. The zero-order valence-electron chi connectivity index (χ0n) is 19.9. The number of carbonyl (C=O) groups excluding carboxylic acids is 1. The van der Waals surface area contributed by atoms with Gasteiger partial charge in [-0.1, -0.05) is 20.8 Å². The smallest absolute Gasteiger partial charge is 0.407 e. The van der Waals surface area contributed by atoms with Crippen LogP contribution in [-0.2, 0) is 13.9 Å². The summed E-state index contributed by atoms with van der Waals surface area (Å²) in [5.41, 5.74) is 7.02. The van der Waals surface area contributed by atoms with Crippen LogP contribution in [0.1, 0.15) is 66.6 Å². The van der Waals surface area contributed by atoms with Gasteiger partial charge in [-0.05, 0) is 51.9 Å². The average molecular weight is 438 g/mol. The number of amides is 1. The van der Waals surface area contributed by atoms with Gasteiger partial charge in [-0.2, -0.15) is 0 Å². The molecule has 4 atom stereocenters. The molecule has 1 aliphatic rings. The van der Waals surface area contributed by atoms with Crippen LogP contribution >= 0.6 is 0 Å². The van der Waals surface area contributed by atoms with Crippen molar-refractivity contribution in [2.75, 3.05) is 5.73 Å². The number of alkyl carbamates (subject to hydrolysis) is 1. The zero-order valence-corrected chi connectivity index (χ0v) is 20.9. The minimum atomic E-state index is -2.09. The van der Waals surface area contributed by atoms with E-state index < -0.39 is 20.0 Å². The highest BCUT2D eigenvalue weighted by molar-refractivity contribution is 6.74. The first kappa shape index (κ1) is 24.6. The molecule has 2 heterocycles. The van der Waals surface area contributed by atoms with Gasteiger partial charge >= 0.3 is 6.09 Å². The Kier molecular flexibility index (Phi) is 7.26. The van der Waals surface area contributed by atoms with E-state index in [1.54, 1.807) is 12.4 Å². The number of pyridine rings is 1. The van der Waals surface area contributed by atoms with E-state index >= 15 is 0 Å². The second-order valence-corrected chi connectivity index (χ2v) is 15.4. The monoisotopic (exact) mass is 437 g/mol. The molecule has 1 aliphatic heterocycles. The van der Waals surface area contributed by atoms with E-state index in [1.807, 2.05) is 33.8 Å². The lowest BCUT2D eigenvalue weighted by Gasteiger charge is -2.47. The van der Waals surface area contributed by atoms with Gasteiger partial charge in [0.25, 0.3) is 0 Å². The molecular weight excluding hydrogens is 398 g/mol. The second kappa shape index (κ2) is 8.84. The number of nitrogens with zero attached hydrogens (tertiary/aromatic N) is 1. The molecule has 1 saturated heterocycles. The number of nitrogen functional groups attached to an aromatic ring is 1. The maximum absolute atomic E-state index is 12.6. The van der Waals surface area contributed by atoms with Crippen molar-refractivity contribution in [3.63, 3.8) is 0 Å². The molecule has 0 unspecified atom stereocenters. The Morgan fingerprint density at radius 1 is 1.27 bits per heavy atom. The van der Waals surface area contributed by atoms with Crippen molar-refractivity contribution in [2.24, 2.45) is 0 Å². The van der Waals surface area contributed by atoms with Crippen LogP contribution in [0.2, 0.25) is 18.1 Å². The normalized spacial score (nSPS) is 25.6. The largest absolute Gasteiger partial charge is 0.444 e. The summed E-state index contributed by atoms with van der Waals surface area (Å²) in [6.45, 7) is 18.5. The molecule has 2 rings (SSSR count). The molecule has 0 bridgehead atoms. The van der Waals surface area contributed by atoms with Gasteiger partial charge in [0, 0.05) is 18.2 Å². The molecule has 170 valence electrons. The van der Waals surface area contributed by atoms with E-state index in [4.69, 9.17) is 19.6 Å². The Balaban J connectivity index is 2.30. The highest BCUT2D eigenvalue weighted by Crippen LogP contribution is 2.41. The maximum Gasteiger partial charge on any atom is 0.407 e. The maximum atomic E-state index is 12.6.